The van der Waals surface area contributed by atoms with Gasteiger partial charge in [0.2, 0.25) is 0 Å². The van der Waals surface area contributed by atoms with Crippen molar-refractivity contribution in [3.63, 3.8) is 0 Å². The predicted molar refractivity (Wildman–Crippen MR) is 82.1 cm³/mol. The van der Waals surface area contributed by atoms with Crippen molar-refractivity contribution in [3.05, 3.63) is 52.7 Å². The van der Waals surface area contributed by atoms with E-state index in [-0.39, 0.29) is 22.3 Å². The first kappa shape index (κ1) is 14.5. The molecule has 0 radical (unpaired) electrons. The second-order valence-corrected chi connectivity index (χ2v) is 4.89. The van der Waals surface area contributed by atoms with E-state index in [1.54, 1.807) is 0 Å². The maximum atomic E-state index is 12.2. The Bertz CT molecular complexity index is 988. The number of hydrogen-bond donors (Lipinski definition) is 4. The van der Waals surface area contributed by atoms with Gasteiger partial charge in [-0.25, -0.2) is 9.36 Å². The number of rotatable bonds is 1. The third-order valence-electron chi connectivity index (χ3n) is 3.48. The fourth-order valence-electron chi connectivity index (χ4n) is 2.42. The van der Waals surface area contributed by atoms with E-state index in [2.05, 4.69) is 0 Å². The third kappa shape index (κ3) is 2.24. The van der Waals surface area contributed by atoms with E-state index in [1.165, 1.54) is 30.3 Å². The highest BCUT2D eigenvalue weighted by molar-refractivity contribution is 5.96. The average molecular weight is 313 g/mol. The Hall–Kier alpha value is -3.48. The van der Waals surface area contributed by atoms with Crippen molar-refractivity contribution in [2.75, 3.05) is 0 Å². The zero-order chi connectivity index (χ0) is 16.7. The van der Waals surface area contributed by atoms with Crippen LogP contribution in [0.15, 0.2) is 47.3 Å². The van der Waals surface area contributed by atoms with Crippen LogP contribution in [0.5, 0.6) is 17.2 Å². The van der Waals surface area contributed by atoms with Gasteiger partial charge >= 0.3 is 6.09 Å². The van der Waals surface area contributed by atoms with Crippen LogP contribution in [0.2, 0.25) is 0 Å². The minimum Gasteiger partial charge on any atom is -0.508 e. The fourth-order valence-corrected chi connectivity index (χ4v) is 2.42. The molecule has 0 saturated carbocycles. The zero-order valence-electron chi connectivity index (χ0n) is 11.6. The molecule has 0 atom stereocenters. The largest absolute Gasteiger partial charge is 0.508 e. The van der Waals surface area contributed by atoms with Gasteiger partial charge in [-0.05, 0) is 42.0 Å². The molecular weight excluding hydrogens is 302 g/mol. The van der Waals surface area contributed by atoms with E-state index in [0.717, 1.165) is 16.7 Å². The Morgan fingerprint density at radius 3 is 2.22 bits per heavy atom. The number of carboxylic acid groups (broad SMARTS) is 1. The highest BCUT2D eigenvalue weighted by Crippen LogP contribution is 2.34. The lowest BCUT2D eigenvalue weighted by Crippen LogP contribution is -2.17. The number of hydrogen-bond acceptors (Lipinski definition) is 5. The number of aromatic hydroxyl groups is 3. The number of benzene rings is 2. The Kier molecular flexibility index (Phi) is 3.18. The number of nitrogens with zero attached hydrogens (tertiary/aromatic N) is 1. The molecule has 0 unspecified atom stereocenters. The number of phenols is 3. The number of aromatic nitrogens is 1. The van der Waals surface area contributed by atoms with Crippen molar-refractivity contribution in [2.45, 2.75) is 0 Å². The highest BCUT2D eigenvalue weighted by Gasteiger charge is 2.20. The summed E-state index contributed by atoms with van der Waals surface area (Å²) in [7, 11) is 0. The van der Waals surface area contributed by atoms with Crippen molar-refractivity contribution >= 4 is 17.0 Å². The van der Waals surface area contributed by atoms with Gasteiger partial charge < -0.3 is 20.4 Å². The molecule has 0 aliphatic rings. The molecular formula is C16H11NO6. The topological polar surface area (TPSA) is 120 Å². The van der Waals surface area contributed by atoms with Gasteiger partial charge in [0.1, 0.15) is 11.3 Å². The van der Waals surface area contributed by atoms with E-state index >= 15 is 0 Å². The smallest absolute Gasteiger partial charge is 0.416 e. The van der Waals surface area contributed by atoms with Crippen LogP contribution in [0.1, 0.15) is 0 Å². The van der Waals surface area contributed by atoms with Crippen LogP contribution in [-0.4, -0.2) is 31.1 Å². The lowest BCUT2D eigenvalue weighted by Gasteiger charge is -2.14. The lowest BCUT2D eigenvalue weighted by atomic mass is 10.1. The minimum absolute atomic E-state index is 0.0101. The van der Waals surface area contributed by atoms with Gasteiger partial charge in [0.25, 0.3) is 0 Å². The Balaban J connectivity index is 2.50. The van der Waals surface area contributed by atoms with E-state index in [4.69, 9.17) is 0 Å². The molecule has 0 amide bonds. The van der Waals surface area contributed by atoms with Crippen LogP contribution in [0.3, 0.4) is 0 Å². The molecule has 116 valence electrons. The first-order valence-corrected chi connectivity index (χ1v) is 6.53. The van der Waals surface area contributed by atoms with Gasteiger partial charge in [-0.15, -0.1) is 0 Å². The van der Waals surface area contributed by atoms with Crippen LogP contribution in [0.25, 0.3) is 22.2 Å². The molecule has 2 aromatic carbocycles. The molecule has 3 aromatic rings. The van der Waals surface area contributed by atoms with Gasteiger partial charge in [0.15, 0.2) is 16.9 Å². The Morgan fingerprint density at radius 2 is 1.61 bits per heavy atom. The summed E-state index contributed by atoms with van der Waals surface area (Å²) in [5.41, 5.74) is -0.438. The molecule has 0 saturated heterocycles. The second kappa shape index (κ2) is 5.06. The molecule has 0 aliphatic heterocycles. The molecule has 1 aromatic heterocycles. The van der Waals surface area contributed by atoms with Crippen LogP contribution >= 0.6 is 0 Å². The van der Waals surface area contributed by atoms with Gasteiger partial charge in [0.05, 0.1) is 11.1 Å². The summed E-state index contributed by atoms with van der Waals surface area (Å²) >= 11 is 0. The number of fused-ring (bicyclic) bond motifs is 1. The average Bonchev–Trinajstić information content (AvgIpc) is 2.51. The van der Waals surface area contributed by atoms with E-state index in [0.29, 0.717) is 5.56 Å². The molecule has 0 fully saturated rings. The van der Waals surface area contributed by atoms with E-state index in [9.17, 15) is 30.0 Å². The summed E-state index contributed by atoms with van der Waals surface area (Å²) in [6.45, 7) is 0. The number of carbonyl (C=O) groups is 1. The molecule has 4 N–H and O–H groups in total. The quantitative estimate of drug-likeness (QED) is 0.512. The standard InChI is InChI=1S/C16H11NO6/c18-9-3-1-8(2-4-9)11-7-13(20)10-5-6-12(19)15(21)14(10)17(11)16(22)23/h1-7,18-19,21H,(H,22,23). The highest BCUT2D eigenvalue weighted by atomic mass is 16.4. The molecule has 0 bridgehead atoms. The van der Waals surface area contributed by atoms with Gasteiger partial charge in [-0.2, -0.15) is 0 Å². The summed E-state index contributed by atoms with van der Waals surface area (Å²) in [4.78, 5) is 23.9. The molecule has 1 heterocycles. The Labute approximate surface area is 128 Å². The normalized spacial score (nSPS) is 10.8. The molecule has 3 rings (SSSR count). The summed E-state index contributed by atoms with van der Waals surface area (Å²) in [6, 6.07) is 9.05. The van der Waals surface area contributed by atoms with E-state index in [1.807, 2.05) is 0 Å². The molecule has 7 heteroatoms. The number of pyridine rings is 1. The summed E-state index contributed by atoms with van der Waals surface area (Å²) in [6.07, 6.45) is -1.43. The SMILES string of the molecule is O=C(O)n1c(-c2ccc(O)cc2)cc(=O)c2ccc(O)c(O)c21. The molecule has 0 spiro atoms. The van der Waals surface area contributed by atoms with Crippen molar-refractivity contribution in [3.8, 4) is 28.5 Å². The number of phenolic OH excluding ortho intramolecular Hbond substituents is 3. The van der Waals surface area contributed by atoms with Crippen LogP contribution < -0.4 is 5.43 Å². The van der Waals surface area contributed by atoms with Gasteiger partial charge in [0, 0.05) is 6.07 Å². The van der Waals surface area contributed by atoms with E-state index < -0.39 is 23.0 Å². The van der Waals surface area contributed by atoms with Crippen LogP contribution in [0.4, 0.5) is 4.79 Å². The van der Waals surface area contributed by atoms with Crippen molar-refractivity contribution < 1.29 is 25.2 Å². The third-order valence-corrected chi connectivity index (χ3v) is 3.48. The van der Waals surface area contributed by atoms with Gasteiger partial charge in [-0.3, -0.25) is 4.79 Å². The van der Waals surface area contributed by atoms with Gasteiger partial charge in [-0.1, -0.05) is 0 Å². The Morgan fingerprint density at radius 1 is 0.957 bits per heavy atom. The fraction of sp³-hybridized carbons (Fsp3) is 0. The summed E-state index contributed by atoms with van der Waals surface area (Å²) < 4.78 is 0.720. The molecule has 7 nitrogen and oxygen atoms in total. The van der Waals surface area contributed by atoms with Crippen molar-refractivity contribution in [1.29, 1.82) is 0 Å². The maximum absolute atomic E-state index is 12.2. The van der Waals surface area contributed by atoms with Crippen molar-refractivity contribution in [1.82, 2.24) is 4.57 Å². The first-order valence-electron chi connectivity index (χ1n) is 6.53. The minimum atomic E-state index is -1.43. The van der Waals surface area contributed by atoms with Crippen LogP contribution in [0, 0.1) is 0 Å². The molecule has 23 heavy (non-hydrogen) atoms. The van der Waals surface area contributed by atoms with Crippen molar-refractivity contribution in [2.24, 2.45) is 0 Å². The lowest BCUT2D eigenvalue weighted by molar-refractivity contribution is 0.197. The predicted octanol–water partition coefficient (Wildman–Crippen LogP) is 2.31. The van der Waals surface area contributed by atoms with Crippen LogP contribution in [-0.2, 0) is 0 Å². The maximum Gasteiger partial charge on any atom is 0.416 e. The first-order chi connectivity index (χ1) is 10.9. The summed E-state index contributed by atoms with van der Waals surface area (Å²) in [5.74, 6) is -1.24. The molecule has 0 aliphatic carbocycles. The summed E-state index contributed by atoms with van der Waals surface area (Å²) in [5, 5.41) is 38.4. The zero-order valence-corrected chi connectivity index (χ0v) is 11.6. The monoisotopic (exact) mass is 313 g/mol. The second-order valence-electron chi connectivity index (χ2n) is 4.89.